The maximum absolute atomic E-state index is 13.6. The second-order valence-corrected chi connectivity index (χ2v) is 10.4. The Kier molecular flexibility index (Phi) is 8.95. The van der Waals surface area contributed by atoms with Crippen LogP contribution < -0.4 is 9.47 Å². The van der Waals surface area contributed by atoms with Crippen molar-refractivity contribution < 1.29 is 57.1 Å². The number of benzene rings is 1. The second kappa shape index (κ2) is 12.2. The topological polar surface area (TPSA) is 153 Å². The average Bonchev–Trinajstić information content (AvgIpc) is 3.43. The van der Waals surface area contributed by atoms with E-state index < -0.39 is 67.0 Å². The maximum atomic E-state index is 13.6. The van der Waals surface area contributed by atoms with Gasteiger partial charge < -0.3 is 33.2 Å². The predicted octanol–water partition coefficient (Wildman–Crippen LogP) is 1.70. The van der Waals surface area contributed by atoms with Crippen molar-refractivity contribution in [3.8, 4) is 11.5 Å². The summed E-state index contributed by atoms with van der Waals surface area (Å²) in [6.07, 6.45) is -5.33. The Morgan fingerprint density at radius 1 is 0.950 bits per heavy atom. The lowest BCUT2D eigenvalue weighted by atomic mass is 9.96. The summed E-state index contributed by atoms with van der Waals surface area (Å²) in [5.41, 5.74) is 0.631. The van der Waals surface area contributed by atoms with Gasteiger partial charge in [-0.3, -0.25) is 28.9 Å². The second-order valence-electron chi connectivity index (χ2n) is 8.75. The van der Waals surface area contributed by atoms with Crippen molar-refractivity contribution >= 4 is 64.2 Å². The van der Waals surface area contributed by atoms with Crippen LogP contribution in [-0.4, -0.2) is 83.0 Å². The number of fused-ring (bicyclic) bond motifs is 1. The van der Waals surface area contributed by atoms with Gasteiger partial charge in [0.15, 0.2) is 40.4 Å². The summed E-state index contributed by atoms with van der Waals surface area (Å²) in [7, 11) is 0. The Hall–Kier alpha value is -3.69. The zero-order chi connectivity index (χ0) is 29.1. The maximum Gasteiger partial charge on any atom is 0.303 e. The molecule has 2 saturated heterocycles. The molecule has 5 atom stereocenters. The lowest BCUT2D eigenvalue weighted by Crippen LogP contribution is -2.66. The minimum Gasteiger partial charge on any atom is -0.463 e. The van der Waals surface area contributed by atoms with E-state index in [0.29, 0.717) is 17.1 Å². The summed E-state index contributed by atoms with van der Waals surface area (Å²) < 4.78 is 38.2. The quantitative estimate of drug-likeness (QED) is 0.194. The number of amides is 1. The minimum atomic E-state index is -1.47. The smallest absolute Gasteiger partial charge is 0.303 e. The van der Waals surface area contributed by atoms with Crippen LogP contribution in [0.3, 0.4) is 0 Å². The van der Waals surface area contributed by atoms with Gasteiger partial charge in [0.05, 0.1) is 4.91 Å². The van der Waals surface area contributed by atoms with Crippen molar-refractivity contribution in [2.45, 2.75) is 58.3 Å². The highest BCUT2D eigenvalue weighted by Gasteiger charge is 2.56. The van der Waals surface area contributed by atoms with Gasteiger partial charge in [-0.1, -0.05) is 30.0 Å². The van der Waals surface area contributed by atoms with Gasteiger partial charge in [0, 0.05) is 27.7 Å². The first-order chi connectivity index (χ1) is 18.9. The van der Waals surface area contributed by atoms with E-state index >= 15 is 0 Å². The van der Waals surface area contributed by atoms with Gasteiger partial charge in [-0.15, -0.1) is 0 Å². The van der Waals surface area contributed by atoms with Crippen LogP contribution in [0.5, 0.6) is 11.5 Å². The number of hydrogen-bond acceptors (Lipinski definition) is 14. The van der Waals surface area contributed by atoms with Crippen molar-refractivity contribution in [3.05, 3.63) is 28.7 Å². The molecule has 40 heavy (non-hydrogen) atoms. The molecule has 0 saturated carbocycles. The van der Waals surface area contributed by atoms with E-state index in [1.807, 2.05) is 0 Å². The van der Waals surface area contributed by atoms with E-state index in [1.54, 1.807) is 24.3 Å². The Morgan fingerprint density at radius 3 is 2.23 bits per heavy atom. The lowest BCUT2D eigenvalue weighted by molar-refractivity contribution is -0.268. The molecule has 2 fully saturated rings. The SMILES string of the molecule is CC(=O)OC[C@@H]1O[C@H](N2C(=O)/C(=C/c3ccc4c(c3)OCO4)SC2=S)[C@H](OC(C)=O)[C@H](OC(C)=O)[C@@H]1OC(C)=O. The normalized spacial score (nSPS) is 26.4. The van der Waals surface area contributed by atoms with E-state index in [1.165, 1.54) is 0 Å². The molecule has 1 aromatic carbocycles. The predicted molar refractivity (Wildman–Crippen MR) is 140 cm³/mol. The summed E-state index contributed by atoms with van der Waals surface area (Å²) in [5.74, 6) is -2.52. The molecule has 1 aromatic rings. The fraction of sp³-hybridized carbons (Fsp3) is 0.440. The zero-order valence-corrected chi connectivity index (χ0v) is 23.4. The van der Waals surface area contributed by atoms with E-state index in [9.17, 15) is 24.0 Å². The number of hydrogen-bond donors (Lipinski definition) is 0. The average molecular weight is 596 g/mol. The Balaban J connectivity index is 1.71. The van der Waals surface area contributed by atoms with Crippen molar-refractivity contribution in [1.82, 2.24) is 4.90 Å². The molecule has 4 rings (SSSR count). The highest BCUT2D eigenvalue weighted by molar-refractivity contribution is 8.26. The molecule has 13 nitrogen and oxygen atoms in total. The van der Waals surface area contributed by atoms with Crippen molar-refractivity contribution in [2.24, 2.45) is 0 Å². The van der Waals surface area contributed by atoms with Gasteiger partial charge in [-0.25, -0.2) is 0 Å². The van der Waals surface area contributed by atoms with Crippen LogP contribution in [0.4, 0.5) is 0 Å². The van der Waals surface area contributed by atoms with Crippen LogP contribution in [-0.2, 0) is 47.7 Å². The molecule has 0 aromatic heterocycles. The van der Waals surface area contributed by atoms with Crippen molar-refractivity contribution in [2.75, 3.05) is 13.4 Å². The molecule has 0 aliphatic carbocycles. The lowest BCUT2D eigenvalue weighted by Gasteiger charge is -2.46. The molecule has 0 bridgehead atoms. The fourth-order valence-electron chi connectivity index (χ4n) is 4.27. The van der Waals surface area contributed by atoms with Crippen LogP contribution in [0.2, 0.25) is 0 Å². The number of thioether (sulfide) groups is 1. The van der Waals surface area contributed by atoms with Crippen LogP contribution in [0.1, 0.15) is 33.3 Å². The van der Waals surface area contributed by atoms with Crippen molar-refractivity contribution in [1.29, 1.82) is 0 Å². The summed E-state index contributed by atoms with van der Waals surface area (Å²) in [6, 6.07) is 5.13. The number of nitrogens with zero attached hydrogens (tertiary/aromatic N) is 1. The number of carbonyl (C=O) groups excluding carboxylic acids is 5. The highest BCUT2D eigenvalue weighted by Crippen LogP contribution is 2.40. The molecule has 0 unspecified atom stereocenters. The molecule has 0 spiro atoms. The number of carbonyl (C=O) groups is 5. The molecular formula is C25H25NO12S2. The summed E-state index contributed by atoms with van der Waals surface area (Å²) >= 11 is 6.46. The van der Waals surface area contributed by atoms with Crippen LogP contribution in [0, 0.1) is 0 Å². The van der Waals surface area contributed by atoms with E-state index in [2.05, 4.69) is 0 Å². The van der Waals surface area contributed by atoms with Gasteiger partial charge in [0.2, 0.25) is 6.79 Å². The molecule has 15 heteroatoms. The highest BCUT2D eigenvalue weighted by atomic mass is 32.2. The standard InChI is InChI=1S/C25H25NO12S2/c1-11(27)32-9-18-20(35-12(2)28)21(36-13(3)29)22(37-14(4)30)24(38-18)26-23(31)19(40-25(26)39)8-15-5-6-16-17(7-15)34-10-33-16/h5-8,18,20-22,24H,9-10H2,1-4H3/b19-8-/t18-,20+,21+,22+,24-/m0/s1. The summed E-state index contributed by atoms with van der Waals surface area (Å²) in [6.45, 7) is 4.14. The first kappa shape index (κ1) is 29.3. The number of thiocarbonyl (C=S) groups is 1. The summed E-state index contributed by atoms with van der Waals surface area (Å²) in [4.78, 5) is 62.6. The van der Waals surface area contributed by atoms with Crippen molar-refractivity contribution in [3.63, 3.8) is 0 Å². The number of ether oxygens (including phenoxy) is 7. The Bertz CT molecular complexity index is 1280. The monoisotopic (exact) mass is 595 g/mol. The molecule has 3 aliphatic heterocycles. The number of rotatable bonds is 7. The molecule has 0 radical (unpaired) electrons. The largest absolute Gasteiger partial charge is 0.463 e. The molecule has 1 amide bonds. The minimum absolute atomic E-state index is 0.0536. The summed E-state index contributed by atoms with van der Waals surface area (Å²) in [5, 5.41) is 0. The van der Waals surface area contributed by atoms with E-state index in [4.69, 9.17) is 45.4 Å². The zero-order valence-electron chi connectivity index (χ0n) is 21.8. The number of esters is 4. The van der Waals surface area contributed by atoms with Gasteiger partial charge in [0.25, 0.3) is 5.91 Å². The van der Waals surface area contributed by atoms with E-state index in [-0.39, 0.29) is 16.0 Å². The molecule has 0 N–H and O–H groups in total. The fourth-order valence-corrected chi connectivity index (χ4v) is 5.58. The van der Waals surface area contributed by atoms with Gasteiger partial charge in [-0.05, 0) is 23.8 Å². The third-order valence-electron chi connectivity index (χ3n) is 5.74. The Labute approximate surface area is 238 Å². The van der Waals surface area contributed by atoms with E-state index in [0.717, 1.165) is 44.4 Å². The molecular weight excluding hydrogens is 570 g/mol. The molecule has 3 aliphatic rings. The van der Waals surface area contributed by atoms with Crippen LogP contribution in [0.25, 0.3) is 6.08 Å². The molecule has 3 heterocycles. The first-order valence-corrected chi connectivity index (χ1v) is 13.1. The van der Waals surface area contributed by atoms with Crippen LogP contribution >= 0.6 is 24.0 Å². The van der Waals surface area contributed by atoms with Gasteiger partial charge in [0.1, 0.15) is 12.7 Å². The third kappa shape index (κ3) is 6.54. The van der Waals surface area contributed by atoms with Gasteiger partial charge in [-0.2, -0.15) is 0 Å². The Morgan fingerprint density at radius 2 is 1.57 bits per heavy atom. The van der Waals surface area contributed by atoms with Gasteiger partial charge >= 0.3 is 23.9 Å². The third-order valence-corrected chi connectivity index (χ3v) is 7.07. The molecule has 214 valence electrons. The van der Waals surface area contributed by atoms with Crippen LogP contribution in [0.15, 0.2) is 23.1 Å². The first-order valence-electron chi connectivity index (χ1n) is 11.9.